The summed E-state index contributed by atoms with van der Waals surface area (Å²) in [4.78, 5) is 37.8. The molecule has 0 saturated carbocycles. The molecule has 0 bridgehead atoms. The van der Waals surface area contributed by atoms with E-state index in [1.54, 1.807) is 18.2 Å². The summed E-state index contributed by atoms with van der Waals surface area (Å²) in [6, 6.07) is 7.92. The summed E-state index contributed by atoms with van der Waals surface area (Å²) in [5, 5.41) is 4.18. The molecule has 33 heavy (non-hydrogen) atoms. The van der Waals surface area contributed by atoms with E-state index in [1.807, 2.05) is 24.3 Å². The van der Waals surface area contributed by atoms with Gasteiger partial charge >= 0.3 is 6.09 Å². The first kappa shape index (κ1) is 21.5. The van der Waals surface area contributed by atoms with E-state index >= 15 is 0 Å². The number of amides is 2. The highest BCUT2D eigenvalue weighted by atomic mass is 16.6. The number of carbonyl (C=O) groups excluding carboxylic acids is 2. The molecule has 1 N–H and O–H groups in total. The Labute approximate surface area is 192 Å². The number of furan rings is 1. The van der Waals surface area contributed by atoms with E-state index in [4.69, 9.17) is 9.15 Å². The van der Waals surface area contributed by atoms with Crippen molar-refractivity contribution >= 4 is 39.9 Å². The summed E-state index contributed by atoms with van der Waals surface area (Å²) in [6.45, 7) is 4.80. The SMILES string of the molecule is CCOC(=O)N1CCC(NC(=O)[C@H]2CCCN(c3ncnc4c3oc3ccccc34)C2)CC1. The predicted octanol–water partition coefficient (Wildman–Crippen LogP) is 3.33. The van der Waals surface area contributed by atoms with Crippen LogP contribution in [0.25, 0.3) is 22.1 Å². The first-order valence-corrected chi connectivity index (χ1v) is 11.7. The number of fused-ring (bicyclic) bond motifs is 3. The number of aromatic nitrogens is 2. The highest BCUT2D eigenvalue weighted by molar-refractivity contribution is 6.05. The van der Waals surface area contributed by atoms with Gasteiger partial charge in [-0.1, -0.05) is 12.1 Å². The fourth-order valence-electron chi connectivity index (χ4n) is 4.86. The molecule has 174 valence electrons. The van der Waals surface area contributed by atoms with E-state index in [-0.39, 0.29) is 24.0 Å². The van der Waals surface area contributed by atoms with Crippen molar-refractivity contribution in [2.24, 2.45) is 5.92 Å². The first-order chi connectivity index (χ1) is 16.1. The van der Waals surface area contributed by atoms with Crippen LogP contribution in [0, 0.1) is 5.92 Å². The lowest BCUT2D eigenvalue weighted by Gasteiger charge is -2.35. The number of rotatable bonds is 4. The lowest BCUT2D eigenvalue weighted by Crippen LogP contribution is -2.50. The molecule has 1 atom stereocenters. The van der Waals surface area contributed by atoms with Gasteiger partial charge in [0.1, 0.15) is 17.4 Å². The van der Waals surface area contributed by atoms with Crippen molar-refractivity contribution in [3.8, 4) is 0 Å². The molecule has 5 rings (SSSR count). The minimum Gasteiger partial charge on any atom is -0.450 e. The van der Waals surface area contributed by atoms with Crippen LogP contribution in [-0.4, -0.2) is 65.7 Å². The average molecular weight is 452 g/mol. The van der Waals surface area contributed by atoms with Crippen molar-refractivity contribution in [1.29, 1.82) is 0 Å². The number of likely N-dealkylation sites (tertiary alicyclic amines) is 1. The number of para-hydroxylation sites is 1. The van der Waals surface area contributed by atoms with Crippen molar-refractivity contribution in [2.45, 2.75) is 38.6 Å². The molecule has 2 aromatic heterocycles. The summed E-state index contributed by atoms with van der Waals surface area (Å²) in [5.74, 6) is 0.705. The van der Waals surface area contributed by atoms with Gasteiger partial charge in [0, 0.05) is 37.6 Å². The molecule has 2 fully saturated rings. The van der Waals surface area contributed by atoms with Gasteiger partial charge in [0.25, 0.3) is 0 Å². The average Bonchev–Trinajstić information content (AvgIpc) is 3.23. The van der Waals surface area contributed by atoms with Crippen LogP contribution in [0.5, 0.6) is 0 Å². The van der Waals surface area contributed by atoms with Crippen molar-refractivity contribution in [2.75, 3.05) is 37.7 Å². The smallest absolute Gasteiger partial charge is 0.409 e. The maximum absolute atomic E-state index is 13.1. The maximum atomic E-state index is 13.1. The quantitative estimate of drug-likeness (QED) is 0.649. The second kappa shape index (κ2) is 9.25. The minimum atomic E-state index is -0.271. The summed E-state index contributed by atoms with van der Waals surface area (Å²) in [7, 11) is 0. The van der Waals surface area contributed by atoms with Gasteiger partial charge in [0.15, 0.2) is 11.4 Å². The fourth-order valence-corrected chi connectivity index (χ4v) is 4.86. The lowest BCUT2D eigenvalue weighted by atomic mass is 9.95. The second-order valence-electron chi connectivity index (χ2n) is 8.73. The molecule has 4 heterocycles. The monoisotopic (exact) mass is 451 g/mol. The third-order valence-corrected chi connectivity index (χ3v) is 6.60. The molecule has 0 spiro atoms. The van der Waals surface area contributed by atoms with Crippen LogP contribution in [0.1, 0.15) is 32.6 Å². The number of benzene rings is 1. The number of piperidine rings is 2. The molecule has 0 unspecified atom stereocenters. The van der Waals surface area contributed by atoms with Crippen LogP contribution in [0.4, 0.5) is 10.6 Å². The minimum absolute atomic E-state index is 0.0733. The van der Waals surface area contributed by atoms with E-state index in [1.165, 1.54) is 0 Å². The molecule has 2 aliphatic heterocycles. The molecule has 3 aromatic rings. The number of carbonyl (C=O) groups is 2. The molecule has 0 radical (unpaired) electrons. The Morgan fingerprint density at radius 3 is 2.79 bits per heavy atom. The van der Waals surface area contributed by atoms with Crippen LogP contribution in [-0.2, 0) is 9.53 Å². The largest absolute Gasteiger partial charge is 0.450 e. The molecule has 9 nitrogen and oxygen atoms in total. The van der Waals surface area contributed by atoms with E-state index in [0.29, 0.717) is 31.8 Å². The molecule has 2 saturated heterocycles. The molecular formula is C24H29N5O4. The van der Waals surface area contributed by atoms with Crippen molar-refractivity contribution in [3.05, 3.63) is 30.6 Å². The highest BCUT2D eigenvalue weighted by Crippen LogP contribution is 2.33. The van der Waals surface area contributed by atoms with Gasteiger partial charge in [-0.05, 0) is 44.7 Å². The zero-order valence-electron chi connectivity index (χ0n) is 18.8. The van der Waals surface area contributed by atoms with Gasteiger partial charge in [0.2, 0.25) is 5.91 Å². The summed E-state index contributed by atoms with van der Waals surface area (Å²) in [5.41, 5.74) is 2.26. The number of hydrogen-bond donors (Lipinski definition) is 1. The lowest BCUT2D eigenvalue weighted by molar-refractivity contribution is -0.126. The predicted molar refractivity (Wildman–Crippen MR) is 124 cm³/mol. The third kappa shape index (κ3) is 4.31. The summed E-state index contributed by atoms with van der Waals surface area (Å²) in [6.07, 6.45) is 4.54. The van der Waals surface area contributed by atoms with Gasteiger partial charge in [-0.2, -0.15) is 0 Å². The van der Waals surface area contributed by atoms with Gasteiger partial charge in [-0.3, -0.25) is 4.79 Å². The van der Waals surface area contributed by atoms with Gasteiger partial charge in [0.05, 0.1) is 12.5 Å². The van der Waals surface area contributed by atoms with E-state index in [9.17, 15) is 9.59 Å². The third-order valence-electron chi connectivity index (χ3n) is 6.60. The van der Waals surface area contributed by atoms with Crippen LogP contribution < -0.4 is 10.2 Å². The number of anilines is 1. The van der Waals surface area contributed by atoms with Gasteiger partial charge < -0.3 is 24.3 Å². The molecular weight excluding hydrogens is 422 g/mol. The molecule has 2 amide bonds. The molecule has 9 heteroatoms. The van der Waals surface area contributed by atoms with E-state index in [2.05, 4.69) is 20.2 Å². The number of hydrogen-bond acceptors (Lipinski definition) is 7. The zero-order chi connectivity index (χ0) is 22.8. The van der Waals surface area contributed by atoms with Crippen molar-refractivity contribution < 1.29 is 18.7 Å². The standard InChI is InChI=1S/C24H29N5O4/c1-2-32-24(31)28-12-9-17(10-13-28)27-23(30)16-6-5-11-29(14-16)22-21-20(25-15-26-22)18-7-3-4-8-19(18)33-21/h3-4,7-8,15-17H,2,5-6,9-14H2,1H3,(H,27,30)/t16-/m0/s1. The second-order valence-corrected chi connectivity index (χ2v) is 8.73. The van der Waals surface area contributed by atoms with Gasteiger partial charge in [-0.15, -0.1) is 0 Å². The van der Waals surface area contributed by atoms with Crippen LogP contribution in [0.3, 0.4) is 0 Å². The van der Waals surface area contributed by atoms with Crippen LogP contribution in [0.15, 0.2) is 35.0 Å². The fraction of sp³-hybridized carbons (Fsp3) is 0.500. The molecule has 0 aliphatic carbocycles. The highest BCUT2D eigenvalue weighted by Gasteiger charge is 2.31. The Hall–Kier alpha value is -3.36. The number of nitrogens with one attached hydrogen (secondary N) is 1. The van der Waals surface area contributed by atoms with Crippen molar-refractivity contribution in [1.82, 2.24) is 20.2 Å². The van der Waals surface area contributed by atoms with E-state index < -0.39 is 0 Å². The van der Waals surface area contributed by atoms with Crippen molar-refractivity contribution in [3.63, 3.8) is 0 Å². The Balaban J connectivity index is 1.24. The maximum Gasteiger partial charge on any atom is 0.409 e. The Bertz CT molecular complexity index is 1150. The Morgan fingerprint density at radius 2 is 1.97 bits per heavy atom. The zero-order valence-corrected chi connectivity index (χ0v) is 18.8. The Kier molecular flexibility index (Phi) is 6.02. The van der Waals surface area contributed by atoms with Crippen LogP contribution >= 0.6 is 0 Å². The topological polar surface area (TPSA) is 101 Å². The van der Waals surface area contributed by atoms with E-state index in [0.717, 1.165) is 54.5 Å². The van der Waals surface area contributed by atoms with Gasteiger partial charge in [-0.25, -0.2) is 14.8 Å². The van der Waals surface area contributed by atoms with Crippen LogP contribution in [0.2, 0.25) is 0 Å². The first-order valence-electron chi connectivity index (χ1n) is 11.7. The summed E-state index contributed by atoms with van der Waals surface area (Å²) < 4.78 is 11.2. The number of nitrogens with zero attached hydrogens (tertiary/aromatic N) is 4. The number of ether oxygens (including phenoxy) is 1. The Morgan fingerprint density at radius 1 is 1.15 bits per heavy atom. The molecule has 2 aliphatic rings. The summed E-state index contributed by atoms with van der Waals surface area (Å²) >= 11 is 0. The molecule has 1 aromatic carbocycles. The normalized spacial score (nSPS) is 19.7.